The molecule has 0 aliphatic rings. The normalized spacial score (nSPS) is 16.0. The molecule has 3 amide bonds. The van der Waals surface area contributed by atoms with Crippen molar-refractivity contribution in [3.05, 3.63) is 18.2 Å². The van der Waals surface area contributed by atoms with Crippen LogP contribution in [0, 0.1) is 11.8 Å². The third-order valence-corrected chi connectivity index (χ3v) is 5.16. The van der Waals surface area contributed by atoms with Gasteiger partial charge in [0.15, 0.2) is 0 Å². The van der Waals surface area contributed by atoms with Crippen molar-refractivity contribution in [3.8, 4) is 0 Å². The second kappa shape index (κ2) is 12.0. The first-order valence-corrected chi connectivity index (χ1v) is 10.3. The molecule has 0 aromatic carbocycles. The van der Waals surface area contributed by atoms with Crippen molar-refractivity contribution in [1.82, 2.24) is 25.9 Å². The smallest absolute Gasteiger partial charge is 0.325 e. The summed E-state index contributed by atoms with van der Waals surface area (Å²) in [6.45, 7) is 8.61. The molecule has 0 aliphatic heterocycles. The first-order valence-electron chi connectivity index (χ1n) is 10.3. The van der Waals surface area contributed by atoms with Gasteiger partial charge in [-0.05, 0) is 18.8 Å². The minimum atomic E-state index is -1.20. The summed E-state index contributed by atoms with van der Waals surface area (Å²) in [4.78, 5) is 56.0. The number of carboxylic acid groups (broad SMARTS) is 1. The van der Waals surface area contributed by atoms with E-state index in [-0.39, 0.29) is 18.3 Å². The molecular formula is C20H34N6O5. The average Bonchev–Trinajstić information content (AvgIpc) is 3.22. The van der Waals surface area contributed by atoms with E-state index in [2.05, 4.69) is 25.9 Å². The number of nitrogens with one attached hydrogen (secondary N) is 4. The van der Waals surface area contributed by atoms with Gasteiger partial charge in [0.2, 0.25) is 17.7 Å². The first-order chi connectivity index (χ1) is 14.5. The number of rotatable bonds is 12. The maximum Gasteiger partial charge on any atom is 0.325 e. The number of carbonyl (C=O) groups is 4. The average molecular weight is 439 g/mol. The molecular weight excluding hydrogens is 404 g/mol. The minimum Gasteiger partial charge on any atom is -0.480 e. The van der Waals surface area contributed by atoms with Crippen LogP contribution in [0.25, 0.3) is 0 Å². The molecule has 1 aromatic heterocycles. The molecule has 0 fully saturated rings. The zero-order chi connectivity index (χ0) is 23.7. The monoisotopic (exact) mass is 438 g/mol. The third-order valence-electron chi connectivity index (χ3n) is 5.16. The number of carboxylic acids is 1. The Labute approximate surface area is 181 Å². The van der Waals surface area contributed by atoms with Crippen LogP contribution in [-0.4, -0.2) is 62.9 Å². The molecule has 7 N–H and O–H groups in total. The summed E-state index contributed by atoms with van der Waals surface area (Å²) in [7, 11) is 0. The zero-order valence-corrected chi connectivity index (χ0v) is 18.6. The summed E-state index contributed by atoms with van der Waals surface area (Å²) in [5.74, 6) is -3.21. The molecule has 0 spiro atoms. The van der Waals surface area contributed by atoms with Crippen LogP contribution in [0.3, 0.4) is 0 Å². The van der Waals surface area contributed by atoms with Crippen LogP contribution in [-0.2, 0) is 25.6 Å². The van der Waals surface area contributed by atoms with Crippen LogP contribution < -0.4 is 21.7 Å². The second-order valence-electron chi connectivity index (χ2n) is 8.05. The van der Waals surface area contributed by atoms with Gasteiger partial charge in [0, 0.05) is 18.3 Å². The minimum absolute atomic E-state index is 0.0661. The number of imidazole rings is 1. The van der Waals surface area contributed by atoms with Gasteiger partial charge < -0.3 is 31.8 Å². The van der Waals surface area contributed by atoms with Crippen LogP contribution >= 0.6 is 0 Å². The van der Waals surface area contributed by atoms with E-state index in [0.29, 0.717) is 12.1 Å². The molecule has 174 valence electrons. The largest absolute Gasteiger partial charge is 0.480 e. The van der Waals surface area contributed by atoms with Crippen LogP contribution in [0.4, 0.5) is 0 Å². The molecule has 0 saturated carbocycles. The number of hydrogen-bond acceptors (Lipinski definition) is 6. The number of aromatic amines is 1. The van der Waals surface area contributed by atoms with E-state index in [1.807, 2.05) is 13.8 Å². The Bertz CT molecular complexity index is 751. The highest BCUT2D eigenvalue weighted by atomic mass is 16.4. The van der Waals surface area contributed by atoms with Gasteiger partial charge in [-0.25, -0.2) is 4.98 Å². The quantitative estimate of drug-likeness (QED) is 0.255. The number of aliphatic carboxylic acids is 1. The Hall–Kier alpha value is -2.95. The van der Waals surface area contributed by atoms with E-state index in [4.69, 9.17) is 10.8 Å². The summed E-state index contributed by atoms with van der Waals surface area (Å²) in [5, 5.41) is 16.8. The van der Waals surface area contributed by atoms with E-state index in [9.17, 15) is 19.2 Å². The van der Waals surface area contributed by atoms with Crippen LogP contribution in [0.5, 0.6) is 0 Å². The first kappa shape index (κ1) is 26.1. The summed E-state index contributed by atoms with van der Waals surface area (Å²) in [6.07, 6.45) is 3.60. The molecule has 0 saturated heterocycles. The van der Waals surface area contributed by atoms with Gasteiger partial charge >= 0.3 is 5.97 Å². The molecule has 0 aliphatic carbocycles. The van der Waals surface area contributed by atoms with Crippen molar-refractivity contribution in [2.45, 2.75) is 71.6 Å². The zero-order valence-electron chi connectivity index (χ0n) is 18.6. The Balaban J connectivity index is 3.03. The highest BCUT2D eigenvalue weighted by Crippen LogP contribution is 2.11. The number of amides is 3. The lowest BCUT2D eigenvalue weighted by atomic mass is 9.96. The van der Waals surface area contributed by atoms with Crippen molar-refractivity contribution >= 4 is 23.7 Å². The van der Waals surface area contributed by atoms with E-state index in [1.54, 1.807) is 13.8 Å². The topological polar surface area (TPSA) is 179 Å². The Morgan fingerprint density at radius 3 is 2.19 bits per heavy atom. The highest BCUT2D eigenvalue weighted by Gasteiger charge is 2.32. The summed E-state index contributed by atoms with van der Waals surface area (Å²) < 4.78 is 0. The van der Waals surface area contributed by atoms with E-state index >= 15 is 0 Å². The maximum absolute atomic E-state index is 13.0. The van der Waals surface area contributed by atoms with Crippen molar-refractivity contribution in [1.29, 1.82) is 0 Å². The Kier molecular flexibility index (Phi) is 10.1. The number of nitrogens with zero attached hydrogens (tertiary/aromatic N) is 1. The number of carbonyl (C=O) groups excluding carboxylic acids is 3. The lowest BCUT2D eigenvalue weighted by Crippen LogP contribution is -2.59. The molecule has 5 unspecified atom stereocenters. The number of hydrogen-bond donors (Lipinski definition) is 6. The van der Waals surface area contributed by atoms with E-state index in [1.165, 1.54) is 19.4 Å². The number of H-pyrrole nitrogens is 1. The van der Waals surface area contributed by atoms with E-state index in [0.717, 1.165) is 0 Å². The summed E-state index contributed by atoms with van der Waals surface area (Å²) >= 11 is 0. The van der Waals surface area contributed by atoms with Gasteiger partial charge in [0.25, 0.3) is 0 Å². The summed E-state index contributed by atoms with van der Waals surface area (Å²) in [6, 6.07) is -3.89. The maximum atomic E-state index is 13.0. The van der Waals surface area contributed by atoms with E-state index < -0.39 is 47.9 Å². The van der Waals surface area contributed by atoms with Gasteiger partial charge in [-0.1, -0.05) is 34.1 Å². The molecule has 0 radical (unpaired) electrons. The molecule has 31 heavy (non-hydrogen) atoms. The van der Waals surface area contributed by atoms with Crippen molar-refractivity contribution < 1.29 is 24.3 Å². The van der Waals surface area contributed by atoms with Gasteiger partial charge in [0.05, 0.1) is 12.4 Å². The number of nitrogens with two attached hydrogens (primary N) is 1. The van der Waals surface area contributed by atoms with Crippen LogP contribution in [0.2, 0.25) is 0 Å². The van der Waals surface area contributed by atoms with Crippen molar-refractivity contribution in [3.63, 3.8) is 0 Å². The SMILES string of the molecule is CCC(C)C(NC(=O)C(N)C(C)C)C(=O)NC(Cc1cnc[nH]1)C(=O)NC(C)C(=O)O. The second-order valence-corrected chi connectivity index (χ2v) is 8.05. The van der Waals surface area contributed by atoms with Gasteiger partial charge in [-0.15, -0.1) is 0 Å². The highest BCUT2D eigenvalue weighted by molar-refractivity contribution is 5.94. The van der Waals surface area contributed by atoms with Gasteiger partial charge in [-0.2, -0.15) is 0 Å². The predicted molar refractivity (Wildman–Crippen MR) is 114 cm³/mol. The molecule has 1 heterocycles. The fourth-order valence-corrected chi connectivity index (χ4v) is 2.72. The van der Waals surface area contributed by atoms with Crippen molar-refractivity contribution in [2.75, 3.05) is 0 Å². The lowest BCUT2D eigenvalue weighted by Gasteiger charge is -2.28. The van der Waals surface area contributed by atoms with Crippen molar-refractivity contribution in [2.24, 2.45) is 17.6 Å². The molecule has 5 atom stereocenters. The molecule has 1 aromatic rings. The molecule has 11 heteroatoms. The Morgan fingerprint density at radius 1 is 1.06 bits per heavy atom. The standard InChI is InChI=1S/C20H34N6O5/c1-6-11(4)16(26-18(28)15(21)10(2)3)19(29)25-14(7-13-8-22-9-23-13)17(27)24-12(5)20(30)31/h8-12,14-16H,6-7,21H2,1-5H3,(H,22,23)(H,24,27)(H,25,29)(H,26,28)(H,30,31). The Morgan fingerprint density at radius 2 is 1.71 bits per heavy atom. The van der Waals surface area contributed by atoms with Crippen LogP contribution in [0.15, 0.2) is 12.5 Å². The van der Waals surface area contributed by atoms with Gasteiger partial charge in [0.1, 0.15) is 18.1 Å². The molecule has 0 bridgehead atoms. The van der Waals surface area contributed by atoms with Gasteiger partial charge in [-0.3, -0.25) is 19.2 Å². The fourth-order valence-electron chi connectivity index (χ4n) is 2.72. The van der Waals surface area contributed by atoms with Crippen LogP contribution in [0.1, 0.15) is 46.7 Å². The number of aromatic nitrogens is 2. The third kappa shape index (κ3) is 8.00. The summed E-state index contributed by atoms with van der Waals surface area (Å²) in [5.41, 5.74) is 6.48. The fraction of sp³-hybridized carbons (Fsp3) is 0.650. The molecule has 11 nitrogen and oxygen atoms in total. The molecule has 1 rings (SSSR count). The predicted octanol–water partition coefficient (Wildman–Crippen LogP) is -0.459. The lowest BCUT2D eigenvalue weighted by molar-refractivity contribution is -0.141.